The molecule has 3 heterocycles. The van der Waals surface area contributed by atoms with E-state index in [1.54, 1.807) is 28.4 Å². The highest BCUT2D eigenvalue weighted by Gasteiger charge is 2.33. The smallest absolute Gasteiger partial charge is 0.290 e. The van der Waals surface area contributed by atoms with Crippen molar-refractivity contribution in [3.05, 3.63) is 75.9 Å². The maximum Gasteiger partial charge on any atom is 0.290 e. The molecule has 1 aliphatic heterocycles. The summed E-state index contributed by atoms with van der Waals surface area (Å²) in [5, 5.41) is 2.08. The maximum absolute atomic E-state index is 13.5. The molecule has 0 unspecified atom stereocenters. The Kier molecular flexibility index (Phi) is 7.73. The third-order valence-corrected chi connectivity index (χ3v) is 7.21. The molecule has 1 atom stereocenters. The molecule has 6 nitrogen and oxygen atoms in total. The van der Waals surface area contributed by atoms with Gasteiger partial charge in [0.1, 0.15) is 18.9 Å². The van der Waals surface area contributed by atoms with Gasteiger partial charge in [-0.3, -0.25) is 9.59 Å². The van der Waals surface area contributed by atoms with Crippen molar-refractivity contribution in [3.63, 3.8) is 0 Å². The predicted octanol–water partition coefficient (Wildman–Crippen LogP) is 5.52. The van der Waals surface area contributed by atoms with Gasteiger partial charge in [-0.15, -0.1) is 11.3 Å². The highest BCUT2D eigenvalue weighted by molar-refractivity contribution is 7.10. The maximum atomic E-state index is 13.5. The van der Waals surface area contributed by atoms with Crippen LogP contribution >= 0.6 is 11.3 Å². The van der Waals surface area contributed by atoms with Crippen LogP contribution in [-0.2, 0) is 11.2 Å². The van der Waals surface area contributed by atoms with Crippen LogP contribution in [0.25, 0.3) is 0 Å². The largest absolute Gasteiger partial charge is 0.491 e. The Balaban J connectivity index is 1.49. The Morgan fingerprint density at radius 2 is 2.00 bits per heavy atom. The number of benzene rings is 1. The Hall–Kier alpha value is -3.06. The molecule has 0 saturated heterocycles. The zero-order valence-corrected chi connectivity index (χ0v) is 20.8. The lowest BCUT2D eigenvalue weighted by Gasteiger charge is -2.37. The Morgan fingerprint density at radius 1 is 1.21 bits per heavy atom. The van der Waals surface area contributed by atoms with Gasteiger partial charge in [-0.1, -0.05) is 32.9 Å². The summed E-state index contributed by atoms with van der Waals surface area (Å²) in [4.78, 5) is 31.1. The third kappa shape index (κ3) is 5.36. The molecule has 7 heteroatoms. The van der Waals surface area contributed by atoms with Crippen molar-refractivity contribution < 1.29 is 18.7 Å². The molecule has 0 radical (unpaired) electrons. The highest BCUT2D eigenvalue weighted by Crippen LogP contribution is 2.34. The normalized spacial score (nSPS) is 15.3. The lowest BCUT2D eigenvalue weighted by Crippen LogP contribution is -2.48. The summed E-state index contributed by atoms with van der Waals surface area (Å²) in [5.41, 5.74) is 2.40. The van der Waals surface area contributed by atoms with E-state index in [1.807, 2.05) is 24.0 Å². The van der Waals surface area contributed by atoms with Crippen molar-refractivity contribution in [1.82, 2.24) is 9.80 Å². The summed E-state index contributed by atoms with van der Waals surface area (Å²) < 4.78 is 11.4. The Morgan fingerprint density at radius 3 is 2.68 bits per heavy atom. The summed E-state index contributed by atoms with van der Waals surface area (Å²) in [6, 6.07) is 13.4. The Labute approximate surface area is 205 Å². The van der Waals surface area contributed by atoms with Crippen molar-refractivity contribution in [1.29, 1.82) is 0 Å². The van der Waals surface area contributed by atoms with Crippen LogP contribution in [0.15, 0.2) is 58.5 Å². The summed E-state index contributed by atoms with van der Waals surface area (Å²) in [7, 11) is 0. The number of amides is 2. The predicted molar refractivity (Wildman–Crippen MR) is 133 cm³/mol. The first kappa shape index (κ1) is 24.1. The summed E-state index contributed by atoms with van der Waals surface area (Å²) in [5.74, 6) is 1.17. The second-order valence-corrected chi connectivity index (χ2v) is 9.89. The number of hydrogen-bond donors (Lipinski definition) is 0. The number of furan rings is 1. The van der Waals surface area contributed by atoms with Gasteiger partial charge in [0.05, 0.1) is 12.3 Å². The quantitative estimate of drug-likeness (QED) is 0.404. The number of ether oxygens (including phenoxy) is 1. The molecular formula is C27H32N2O4S. The minimum atomic E-state index is -0.258. The van der Waals surface area contributed by atoms with E-state index in [0.717, 1.165) is 24.2 Å². The number of carbonyl (C=O) groups excluding carboxylic acids is 2. The van der Waals surface area contributed by atoms with Gasteiger partial charge in [-0.25, -0.2) is 0 Å². The van der Waals surface area contributed by atoms with Crippen molar-refractivity contribution in [2.45, 2.75) is 45.6 Å². The fourth-order valence-electron chi connectivity index (χ4n) is 4.33. The van der Waals surface area contributed by atoms with Crippen LogP contribution in [0.4, 0.5) is 0 Å². The summed E-state index contributed by atoms with van der Waals surface area (Å²) >= 11 is 1.72. The van der Waals surface area contributed by atoms with Crippen molar-refractivity contribution >= 4 is 23.2 Å². The molecule has 0 fully saturated rings. The third-order valence-electron chi connectivity index (χ3n) is 6.21. The molecule has 180 valence electrons. The minimum Gasteiger partial charge on any atom is -0.491 e. The second-order valence-electron chi connectivity index (χ2n) is 8.89. The van der Waals surface area contributed by atoms with E-state index in [2.05, 4.69) is 37.4 Å². The fraction of sp³-hybridized carbons (Fsp3) is 0.407. The van der Waals surface area contributed by atoms with Crippen LogP contribution in [0.3, 0.4) is 0 Å². The van der Waals surface area contributed by atoms with Gasteiger partial charge in [0.2, 0.25) is 5.91 Å². The van der Waals surface area contributed by atoms with Gasteiger partial charge in [-0.2, -0.15) is 0 Å². The molecule has 34 heavy (non-hydrogen) atoms. The van der Waals surface area contributed by atoms with Crippen molar-refractivity contribution in [3.8, 4) is 5.75 Å². The molecule has 0 saturated carbocycles. The second kappa shape index (κ2) is 10.9. The lowest BCUT2D eigenvalue weighted by atomic mass is 10.00. The molecule has 0 spiro atoms. The molecule has 1 aromatic carbocycles. The van der Waals surface area contributed by atoms with Gasteiger partial charge in [-0.05, 0) is 65.6 Å². The van der Waals surface area contributed by atoms with E-state index in [-0.39, 0.29) is 30.2 Å². The molecule has 0 bridgehead atoms. The fourth-order valence-corrected chi connectivity index (χ4v) is 5.26. The van der Waals surface area contributed by atoms with Crippen molar-refractivity contribution in [2.24, 2.45) is 0 Å². The van der Waals surface area contributed by atoms with Crippen LogP contribution < -0.4 is 4.74 Å². The number of thiophene rings is 1. The summed E-state index contributed by atoms with van der Waals surface area (Å²) in [6.07, 6.45) is 3.05. The van der Waals surface area contributed by atoms with E-state index >= 15 is 0 Å². The summed E-state index contributed by atoms with van der Waals surface area (Å²) in [6.45, 7) is 7.82. The standard InChI is InChI=1S/C27H32N2O4S/c1-4-13-28(27(31)24-6-5-15-32-24)17-26(30)29-14-11-25-22(12-16-34-25)23(29)18-33-21-9-7-20(8-10-21)19(2)3/h5-10,12,15-16,19,23H,4,11,13-14,17-18H2,1-3H3/t23-/m1/s1. The number of carbonyl (C=O) groups is 2. The van der Waals surface area contributed by atoms with E-state index < -0.39 is 0 Å². The van der Waals surface area contributed by atoms with Gasteiger partial charge in [0.15, 0.2) is 5.76 Å². The minimum absolute atomic E-state index is 0.0203. The first-order valence-corrected chi connectivity index (χ1v) is 12.8. The van der Waals surface area contributed by atoms with Gasteiger partial charge >= 0.3 is 0 Å². The number of hydrogen-bond acceptors (Lipinski definition) is 5. The topological polar surface area (TPSA) is 63.0 Å². The molecule has 0 aliphatic carbocycles. The van der Waals surface area contributed by atoms with E-state index in [1.165, 1.54) is 16.7 Å². The first-order valence-electron chi connectivity index (χ1n) is 11.9. The molecule has 2 aromatic heterocycles. The lowest BCUT2D eigenvalue weighted by molar-refractivity contribution is -0.135. The Bertz CT molecular complexity index is 1090. The zero-order valence-electron chi connectivity index (χ0n) is 20.0. The molecular weight excluding hydrogens is 448 g/mol. The van der Waals surface area contributed by atoms with Gasteiger partial charge < -0.3 is 19.0 Å². The number of fused-ring (bicyclic) bond motifs is 1. The zero-order chi connectivity index (χ0) is 24.1. The molecule has 2 amide bonds. The molecule has 1 aliphatic rings. The molecule has 0 N–H and O–H groups in total. The van der Waals surface area contributed by atoms with E-state index in [9.17, 15) is 9.59 Å². The van der Waals surface area contributed by atoms with Crippen LogP contribution in [0.2, 0.25) is 0 Å². The van der Waals surface area contributed by atoms with Gasteiger partial charge in [0, 0.05) is 18.0 Å². The average Bonchev–Trinajstić information content (AvgIpc) is 3.54. The van der Waals surface area contributed by atoms with Crippen LogP contribution in [-0.4, -0.2) is 47.9 Å². The van der Waals surface area contributed by atoms with E-state index in [4.69, 9.17) is 9.15 Å². The number of nitrogens with zero attached hydrogens (tertiary/aromatic N) is 2. The highest BCUT2D eigenvalue weighted by atomic mass is 32.1. The molecule has 3 aromatic rings. The first-order chi connectivity index (χ1) is 16.5. The monoisotopic (exact) mass is 480 g/mol. The van der Waals surface area contributed by atoms with Crippen molar-refractivity contribution in [2.75, 3.05) is 26.2 Å². The van der Waals surface area contributed by atoms with Crippen LogP contribution in [0.1, 0.15) is 65.7 Å². The molecule has 4 rings (SSSR count). The van der Waals surface area contributed by atoms with Gasteiger partial charge in [0.25, 0.3) is 5.91 Å². The van der Waals surface area contributed by atoms with Crippen LogP contribution in [0.5, 0.6) is 5.75 Å². The average molecular weight is 481 g/mol. The SMILES string of the molecule is CCCN(CC(=O)N1CCc2sccc2[C@H]1COc1ccc(C(C)C)cc1)C(=O)c1ccco1. The van der Waals surface area contributed by atoms with Crippen LogP contribution in [0, 0.1) is 0 Å². The number of rotatable bonds is 9. The van der Waals surface area contributed by atoms with E-state index in [0.29, 0.717) is 25.6 Å².